The lowest BCUT2D eigenvalue weighted by atomic mass is 10.1. The largest absolute Gasteiger partial charge is 0.280 e. The molecule has 2 rings (SSSR count). The Morgan fingerprint density at radius 2 is 2.14 bits per heavy atom. The molecule has 0 saturated heterocycles. The molecule has 2 aromatic rings. The van der Waals surface area contributed by atoms with Gasteiger partial charge in [0.25, 0.3) is 6.43 Å². The minimum atomic E-state index is -2.52. The summed E-state index contributed by atoms with van der Waals surface area (Å²) >= 11 is 3.32. The van der Waals surface area contributed by atoms with Crippen LogP contribution in [0.25, 0.3) is 10.9 Å². The Kier molecular flexibility index (Phi) is 2.26. The van der Waals surface area contributed by atoms with Gasteiger partial charge in [0.15, 0.2) is 0 Å². The molecule has 5 heteroatoms. The topological polar surface area (TPSA) is 28.7 Å². The Morgan fingerprint density at radius 1 is 1.43 bits per heavy atom. The first kappa shape index (κ1) is 9.58. The van der Waals surface area contributed by atoms with Gasteiger partial charge >= 0.3 is 0 Å². The summed E-state index contributed by atoms with van der Waals surface area (Å²) < 4.78 is 25.7. The van der Waals surface area contributed by atoms with E-state index in [0.29, 0.717) is 10.9 Å². The molecular weight excluding hydrogens is 254 g/mol. The van der Waals surface area contributed by atoms with Crippen LogP contribution in [0.4, 0.5) is 8.78 Å². The number of hydrogen-bond acceptors (Lipinski definition) is 1. The second-order valence-electron chi connectivity index (χ2n) is 3.03. The quantitative estimate of drug-likeness (QED) is 0.835. The third-order valence-electron chi connectivity index (χ3n) is 2.11. The van der Waals surface area contributed by atoms with Gasteiger partial charge in [0.1, 0.15) is 11.2 Å². The highest BCUT2D eigenvalue weighted by molar-refractivity contribution is 9.10. The summed E-state index contributed by atoms with van der Waals surface area (Å²) in [7, 11) is 0. The minimum Gasteiger partial charge on any atom is -0.275 e. The van der Waals surface area contributed by atoms with E-state index in [0.717, 1.165) is 10.0 Å². The van der Waals surface area contributed by atoms with Gasteiger partial charge < -0.3 is 0 Å². The number of hydrogen-bond donors (Lipinski definition) is 1. The van der Waals surface area contributed by atoms with Crippen molar-refractivity contribution in [3.05, 3.63) is 27.9 Å². The third-order valence-corrected chi connectivity index (χ3v) is 3.11. The average Bonchev–Trinajstić information content (AvgIpc) is 2.55. The number of halogens is 3. The summed E-state index contributed by atoms with van der Waals surface area (Å²) in [6.45, 7) is 1.89. The van der Waals surface area contributed by atoms with Crippen LogP contribution in [0.2, 0.25) is 0 Å². The molecule has 0 radical (unpaired) electrons. The Balaban J connectivity index is 2.77. The average molecular weight is 261 g/mol. The zero-order chi connectivity index (χ0) is 10.3. The van der Waals surface area contributed by atoms with Gasteiger partial charge in [0.2, 0.25) is 0 Å². The fourth-order valence-corrected chi connectivity index (χ4v) is 1.77. The molecule has 1 aromatic heterocycles. The van der Waals surface area contributed by atoms with Crippen LogP contribution < -0.4 is 0 Å². The van der Waals surface area contributed by atoms with E-state index in [1.165, 1.54) is 0 Å². The van der Waals surface area contributed by atoms with E-state index in [2.05, 4.69) is 26.1 Å². The van der Waals surface area contributed by atoms with Gasteiger partial charge in [-0.15, -0.1) is 0 Å². The molecule has 74 valence electrons. The number of fused-ring (bicyclic) bond motifs is 1. The highest BCUT2D eigenvalue weighted by Gasteiger charge is 2.16. The Morgan fingerprint density at radius 3 is 2.79 bits per heavy atom. The molecule has 0 amide bonds. The van der Waals surface area contributed by atoms with Crippen molar-refractivity contribution >= 4 is 26.8 Å². The maximum absolute atomic E-state index is 12.5. The van der Waals surface area contributed by atoms with Crippen LogP contribution in [0.15, 0.2) is 16.6 Å². The zero-order valence-electron chi connectivity index (χ0n) is 7.31. The molecule has 0 bridgehead atoms. The molecule has 0 fully saturated rings. The molecule has 1 heterocycles. The normalized spacial score (nSPS) is 11.5. The number of aromatic nitrogens is 2. The fourth-order valence-electron chi connectivity index (χ4n) is 1.33. The van der Waals surface area contributed by atoms with Crippen molar-refractivity contribution in [3.8, 4) is 0 Å². The lowest BCUT2D eigenvalue weighted by Gasteiger charge is -1.99. The number of benzene rings is 1. The molecule has 0 aliphatic carbocycles. The third kappa shape index (κ3) is 1.32. The van der Waals surface area contributed by atoms with Crippen molar-refractivity contribution in [2.75, 3.05) is 0 Å². The fraction of sp³-hybridized carbons (Fsp3) is 0.222. The van der Waals surface area contributed by atoms with E-state index in [1.807, 2.05) is 6.92 Å². The smallest absolute Gasteiger partial charge is 0.275 e. The molecule has 1 aromatic carbocycles. The van der Waals surface area contributed by atoms with Gasteiger partial charge in [-0.2, -0.15) is 5.10 Å². The highest BCUT2D eigenvalue weighted by Crippen LogP contribution is 2.31. The van der Waals surface area contributed by atoms with Gasteiger partial charge in [-0.25, -0.2) is 8.78 Å². The lowest BCUT2D eigenvalue weighted by Crippen LogP contribution is -1.84. The van der Waals surface area contributed by atoms with Crippen LogP contribution >= 0.6 is 15.9 Å². The predicted molar refractivity (Wildman–Crippen MR) is 53.5 cm³/mol. The van der Waals surface area contributed by atoms with E-state index >= 15 is 0 Å². The molecule has 0 spiro atoms. The second-order valence-corrected chi connectivity index (χ2v) is 3.82. The van der Waals surface area contributed by atoms with Gasteiger partial charge in [0, 0.05) is 9.86 Å². The number of H-pyrrole nitrogens is 1. The van der Waals surface area contributed by atoms with Crippen LogP contribution in [0.1, 0.15) is 17.7 Å². The molecule has 14 heavy (non-hydrogen) atoms. The van der Waals surface area contributed by atoms with Crippen LogP contribution in [-0.2, 0) is 0 Å². The van der Waals surface area contributed by atoms with Crippen LogP contribution in [-0.4, -0.2) is 10.2 Å². The zero-order valence-corrected chi connectivity index (χ0v) is 8.90. The number of nitrogens with one attached hydrogen (secondary N) is 1. The Labute approximate surface area is 87.4 Å². The van der Waals surface area contributed by atoms with Crippen molar-refractivity contribution in [2.45, 2.75) is 13.3 Å². The van der Waals surface area contributed by atoms with Crippen LogP contribution in [0, 0.1) is 6.92 Å². The summed E-state index contributed by atoms with van der Waals surface area (Å²) in [5.74, 6) is 0. The van der Waals surface area contributed by atoms with Crippen molar-refractivity contribution < 1.29 is 8.78 Å². The summed E-state index contributed by atoms with van der Waals surface area (Å²) in [6, 6.07) is 3.44. The minimum absolute atomic E-state index is 0.124. The van der Waals surface area contributed by atoms with E-state index in [4.69, 9.17) is 0 Å². The first-order valence-corrected chi connectivity index (χ1v) is 4.81. The van der Waals surface area contributed by atoms with Gasteiger partial charge in [-0.3, -0.25) is 5.10 Å². The first-order chi connectivity index (χ1) is 6.61. The molecule has 0 aliphatic heterocycles. The van der Waals surface area contributed by atoms with E-state index < -0.39 is 6.43 Å². The highest BCUT2D eigenvalue weighted by atomic mass is 79.9. The number of aromatic amines is 1. The number of aryl methyl sites for hydroxylation is 1. The van der Waals surface area contributed by atoms with Crippen LogP contribution in [0.5, 0.6) is 0 Å². The predicted octanol–water partition coefficient (Wildman–Crippen LogP) is 3.57. The molecule has 0 atom stereocenters. The molecular formula is C9H7BrF2N2. The van der Waals surface area contributed by atoms with Crippen molar-refractivity contribution in [2.24, 2.45) is 0 Å². The molecule has 0 unspecified atom stereocenters. The first-order valence-electron chi connectivity index (χ1n) is 4.02. The van der Waals surface area contributed by atoms with Crippen molar-refractivity contribution in [1.29, 1.82) is 0 Å². The Hall–Kier alpha value is -0.970. The summed E-state index contributed by atoms with van der Waals surface area (Å²) in [6.07, 6.45) is -2.52. The van der Waals surface area contributed by atoms with E-state index in [9.17, 15) is 8.78 Å². The van der Waals surface area contributed by atoms with Gasteiger partial charge in [-0.1, -0.05) is 12.1 Å². The lowest BCUT2D eigenvalue weighted by molar-refractivity contribution is 0.147. The number of alkyl halides is 2. The maximum atomic E-state index is 12.5. The van der Waals surface area contributed by atoms with Crippen molar-refractivity contribution in [3.63, 3.8) is 0 Å². The van der Waals surface area contributed by atoms with E-state index in [1.54, 1.807) is 12.1 Å². The van der Waals surface area contributed by atoms with Gasteiger partial charge in [-0.05, 0) is 28.4 Å². The molecule has 2 nitrogen and oxygen atoms in total. The number of rotatable bonds is 1. The summed E-state index contributed by atoms with van der Waals surface area (Å²) in [5, 5.41) is 6.67. The van der Waals surface area contributed by atoms with Crippen molar-refractivity contribution in [1.82, 2.24) is 10.2 Å². The molecule has 0 aliphatic rings. The SMILES string of the molecule is Cc1ccc2c(C(F)F)[nH]nc2c1Br. The number of nitrogens with zero attached hydrogens (tertiary/aromatic N) is 1. The second kappa shape index (κ2) is 3.31. The molecule has 0 saturated carbocycles. The van der Waals surface area contributed by atoms with E-state index in [-0.39, 0.29) is 5.69 Å². The van der Waals surface area contributed by atoms with Gasteiger partial charge in [0.05, 0.1) is 0 Å². The Bertz CT molecular complexity index is 479. The standard InChI is InChI=1S/C9H7BrF2N2/c1-4-2-3-5-7(6(4)10)13-14-8(5)9(11)12/h2-3,9H,1H3,(H,13,14). The summed E-state index contributed by atoms with van der Waals surface area (Å²) in [4.78, 5) is 0. The molecule has 1 N–H and O–H groups in total. The summed E-state index contributed by atoms with van der Waals surface area (Å²) in [5.41, 5.74) is 1.41. The monoisotopic (exact) mass is 260 g/mol. The maximum Gasteiger partial charge on any atom is 0.280 e. The van der Waals surface area contributed by atoms with Crippen LogP contribution in [0.3, 0.4) is 0 Å².